The molecule has 0 aliphatic rings. The molecule has 0 unspecified atom stereocenters. The Hall–Kier alpha value is -5.94. The van der Waals surface area contributed by atoms with Gasteiger partial charge in [-0.15, -0.1) is 0 Å². The van der Waals surface area contributed by atoms with E-state index in [0.29, 0.717) is 0 Å². The molecular weight excluding hydrogens is 526 g/mol. The van der Waals surface area contributed by atoms with Crippen molar-refractivity contribution in [3.63, 3.8) is 0 Å². The summed E-state index contributed by atoms with van der Waals surface area (Å²) in [5.41, 5.74) is 9.90. The predicted octanol–water partition coefficient (Wildman–Crippen LogP) is 9.23. The van der Waals surface area contributed by atoms with E-state index in [2.05, 4.69) is 129 Å². The van der Waals surface area contributed by atoms with Crippen molar-refractivity contribution in [1.82, 2.24) is 23.5 Å². The number of aromatic nitrogens is 5. The van der Waals surface area contributed by atoms with E-state index >= 15 is 0 Å². The number of imidazole rings is 1. The van der Waals surface area contributed by atoms with E-state index in [1.165, 1.54) is 38.1 Å². The largest absolute Gasteiger partial charge is 0.307 e. The third kappa shape index (κ3) is 2.90. The van der Waals surface area contributed by atoms with Crippen molar-refractivity contribution >= 4 is 71.1 Å². The van der Waals surface area contributed by atoms with Gasteiger partial charge in [0.1, 0.15) is 5.65 Å². The van der Waals surface area contributed by atoms with Crippen LogP contribution in [0.3, 0.4) is 0 Å². The summed E-state index contributed by atoms with van der Waals surface area (Å²) in [5, 5.41) is 7.07. The van der Waals surface area contributed by atoms with Crippen molar-refractivity contribution in [1.29, 1.82) is 0 Å². The Labute approximate surface area is 245 Å². The van der Waals surface area contributed by atoms with Crippen molar-refractivity contribution in [2.45, 2.75) is 0 Å². The quantitative estimate of drug-likeness (QED) is 0.202. The van der Waals surface area contributed by atoms with Crippen molar-refractivity contribution in [3.05, 3.63) is 140 Å². The zero-order valence-corrected chi connectivity index (χ0v) is 23.0. The van der Waals surface area contributed by atoms with Crippen LogP contribution in [-0.4, -0.2) is 23.5 Å². The van der Waals surface area contributed by atoms with Gasteiger partial charge in [0.25, 0.3) is 0 Å². The third-order valence-corrected chi connectivity index (χ3v) is 8.92. The standard InChI is InChI=1S/C38H23N5/c1-3-10-24(11-4-1)42-31-15-8-7-14-26(31)27-17-18-29-28-19-20-30-33(38-40-22-23-41(38)32-16-9-21-39-34(30)32)35(28)43(37(29)36(27)42)25-12-5-2-6-13-25/h1-23H. The van der Waals surface area contributed by atoms with Gasteiger partial charge >= 0.3 is 0 Å². The molecule has 5 aromatic heterocycles. The van der Waals surface area contributed by atoms with Gasteiger partial charge in [-0.25, -0.2) is 4.98 Å². The van der Waals surface area contributed by atoms with E-state index < -0.39 is 0 Å². The molecule has 0 atom stereocenters. The van der Waals surface area contributed by atoms with E-state index in [9.17, 15) is 0 Å². The topological polar surface area (TPSA) is 40.1 Å². The highest BCUT2D eigenvalue weighted by Gasteiger charge is 2.24. The van der Waals surface area contributed by atoms with E-state index in [-0.39, 0.29) is 0 Å². The molecule has 10 rings (SSSR count). The molecule has 200 valence electrons. The van der Waals surface area contributed by atoms with Gasteiger partial charge in [-0.05, 0) is 42.5 Å². The van der Waals surface area contributed by atoms with Crippen LogP contribution in [0.25, 0.3) is 82.4 Å². The van der Waals surface area contributed by atoms with Crippen molar-refractivity contribution < 1.29 is 0 Å². The summed E-state index contributed by atoms with van der Waals surface area (Å²) in [6.45, 7) is 0. The Morgan fingerprint density at radius 2 is 1.02 bits per heavy atom. The van der Waals surface area contributed by atoms with Gasteiger partial charge in [-0.3, -0.25) is 9.38 Å². The summed E-state index contributed by atoms with van der Waals surface area (Å²) in [4.78, 5) is 9.80. The molecule has 0 fully saturated rings. The Balaban J connectivity index is 1.55. The van der Waals surface area contributed by atoms with Gasteiger partial charge < -0.3 is 9.13 Å². The zero-order chi connectivity index (χ0) is 28.1. The first-order valence-electron chi connectivity index (χ1n) is 14.5. The Morgan fingerprint density at radius 3 is 1.81 bits per heavy atom. The van der Waals surface area contributed by atoms with Crippen LogP contribution >= 0.6 is 0 Å². The van der Waals surface area contributed by atoms with Gasteiger partial charge in [-0.2, -0.15) is 0 Å². The van der Waals surface area contributed by atoms with Crippen LogP contribution in [-0.2, 0) is 0 Å². The maximum atomic E-state index is 4.93. The van der Waals surface area contributed by atoms with Gasteiger partial charge in [0.15, 0.2) is 0 Å². The van der Waals surface area contributed by atoms with Crippen LogP contribution in [0.5, 0.6) is 0 Å². The molecule has 0 aliphatic carbocycles. The Bertz CT molecular complexity index is 2710. The lowest BCUT2D eigenvalue weighted by atomic mass is 10.0. The molecule has 0 saturated carbocycles. The van der Waals surface area contributed by atoms with E-state index in [1.807, 2.05) is 24.7 Å². The summed E-state index contributed by atoms with van der Waals surface area (Å²) in [6, 6.07) is 43.4. The first kappa shape index (κ1) is 22.7. The molecule has 0 N–H and O–H groups in total. The minimum atomic E-state index is 0.931. The number of hydrogen-bond donors (Lipinski definition) is 0. The molecule has 10 aromatic rings. The fraction of sp³-hybridized carbons (Fsp3) is 0. The van der Waals surface area contributed by atoms with Gasteiger partial charge in [0.2, 0.25) is 0 Å². The SMILES string of the molecule is c1ccc(-n2c3ccccc3c3ccc4c5ccc6c7ncccc7n7ccnc7c6c5n(-c5ccccc5)c4c32)cc1. The fourth-order valence-corrected chi connectivity index (χ4v) is 7.22. The van der Waals surface area contributed by atoms with Crippen molar-refractivity contribution in [3.8, 4) is 11.4 Å². The Morgan fingerprint density at radius 1 is 0.419 bits per heavy atom. The molecule has 0 saturated heterocycles. The van der Waals surface area contributed by atoms with E-state index in [0.717, 1.165) is 44.3 Å². The average molecular weight is 550 g/mol. The number of hydrogen-bond acceptors (Lipinski definition) is 2. The van der Waals surface area contributed by atoms with Gasteiger partial charge in [0, 0.05) is 56.9 Å². The summed E-state index contributed by atoms with van der Waals surface area (Å²) in [7, 11) is 0. The molecule has 5 nitrogen and oxygen atoms in total. The molecular formula is C38H23N5. The van der Waals surface area contributed by atoms with Crippen molar-refractivity contribution in [2.75, 3.05) is 0 Å². The maximum absolute atomic E-state index is 4.93. The van der Waals surface area contributed by atoms with Crippen molar-refractivity contribution in [2.24, 2.45) is 0 Å². The lowest BCUT2D eigenvalue weighted by Gasteiger charge is -2.14. The van der Waals surface area contributed by atoms with Crippen LogP contribution in [0.1, 0.15) is 0 Å². The van der Waals surface area contributed by atoms with E-state index in [1.54, 1.807) is 0 Å². The van der Waals surface area contributed by atoms with Crippen LogP contribution in [0.15, 0.2) is 140 Å². The Kier molecular flexibility index (Phi) is 4.39. The maximum Gasteiger partial charge on any atom is 0.147 e. The number of para-hydroxylation sites is 3. The molecule has 0 radical (unpaired) electrons. The second-order valence-electron chi connectivity index (χ2n) is 11.1. The monoisotopic (exact) mass is 549 g/mol. The highest BCUT2D eigenvalue weighted by molar-refractivity contribution is 6.30. The fourth-order valence-electron chi connectivity index (χ4n) is 7.22. The normalized spacial score (nSPS) is 12.2. The molecule has 43 heavy (non-hydrogen) atoms. The molecule has 5 heteroatoms. The summed E-state index contributed by atoms with van der Waals surface area (Å²) in [5.74, 6) is 0. The van der Waals surface area contributed by atoms with Gasteiger partial charge in [0.05, 0.1) is 38.5 Å². The lowest BCUT2D eigenvalue weighted by molar-refractivity contribution is 1.15. The molecule has 0 amide bonds. The smallest absolute Gasteiger partial charge is 0.147 e. The number of rotatable bonds is 2. The molecule has 0 aliphatic heterocycles. The van der Waals surface area contributed by atoms with Gasteiger partial charge in [-0.1, -0.05) is 78.9 Å². The molecule has 5 heterocycles. The van der Waals surface area contributed by atoms with Crippen LogP contribution in [0.2, 0.25) is 0 Å². The minimum Gasteiger partial charge on any atom is -0.307 e. The number of nitrogens with zero attached hydrogens (tertiary/aromatic N) is 5. The first-order chi connectivity index (χ1) is 21.4. The number of benzene rings is 5. The van der Waals surface area contributed by atoms with E-state index in [4.69, 9.17) is 9.97 Å². The summed E-state index contributed by atoms with van der Waals surface area (Å²) >= 11 is 0. The number of pyridine rings is 2. The zero-order valence-electron chi connectivity index (χ0n) is 23.0. The highest BCUT2D eigenvalue weighted by atomic mass is 15.1. The molecule has 5 aromatic carbocycles. The predicted molar refractivity (Wildman–Crippen MR) is 177 cm³/mol. The lowest BCUT2D eigenvalue weighted by Crippen LogP contribution is -1.99. The van der Waals surface area contributed by atoms with Crippen LogP contribution in [0.4, 0.5) is 0 Å². The second kappa shape index (κ2) is 8.30. The highest BCUT2D eigenvalue weighted by Crippen LogP contribution is 2.44. The van der Waals surface area contributed by atoms with Crippen LogP contribution in [0, 0.1) is 0 Å². The summed E-state index contributed by atoms with van der Waals surface area (Å²) in [6.07, 6.45) is 5.81. The molecule has 0 bridgehead atoms. The second-order valence-corrected chi connectivity index (χ2v) is 11.1. The van der Waals surface area contributed by atoms with Crippen LogP contribution < -0.4 is 0 Å². The molecule has 0 spiro atoms. The summed E-state index contributed by atoms with van der Waals surface area (Å²) < 4.78 is 7.06. The third-order valence-electron chi connectivity index (χ3n) is 8.92. The minimum absolute atomic E-state index is 0.931. The first-order valence-corrected chi connectivity index (χ1v) is 14.5. The number of fused-ring (bicyclic) bond motifs is 14. The average Bonchev–Trinajstić information content (AvgIpc) is 3.78.